The molecule has 1 fully saturated rings. The number of rotatable bonds is 4. The number of carbonyl (C=O) groups excluding carboxylic acids is 2. The fourth-order valence-electron chi connectivity index (χ4n) is 2.88. The molecule has 0 saturated carbocycles. The lowest BCUT2D eigenvalue weighted by Crippen LogP contribution is -2.53. The van der Waals surface area contributed by atoms with Gasteiger partial charge in [-0.3, -0.25) is 15.4 Å². The molecule has 3 amide bonds. The van der Waals surface area contributed by atoms with Crippen LogP contribution in [0, 0.1) is 13.8 Å². The predicted octanol–water partition coefficient (Wildman–Crippen LogP) is 2.49. The summed E-state index contributed by atoms with van der Waals surface area (Å²) in [6.07, 6.45) is 0.773. The van der Waals surface area contributed by atoms with Gasteiger partial charge in [0.05, 0.1) is 5.69 Å². The van der Waals surface area contributed by atoms with Crippen molar-refractivity contribution in [2.75, 3.05) is 10.6 Å². The van der Waals surface area contributed by atoms with Gasteiger partial charge in [0.1, 0.15) is 5.82 Å². The van der Waals surface area contributed by atoms with Crippen molar-refractivity contribution in [2.24, 2.45) is 0 Å². The van der Waals surface area contributed by atoms with E-state index in [2.05, 4.69) is 26.4 Å². The molecule has 1 aliphatic rings. The van der Waals surface area contributed by atoms with Gasteiger partial charge in [0, 0.05) is 24.2 Å². The zero-order valence-electron chi connectivity index (χ0n) is 15.2. The van der Waals surface area contributed by atoms with Gasteiger partial charge >= 0.3 is 6.03 Å². The van der Waals surface area contributed by atoms with Gasteiger partial charge in [0.25, 0.3) is 0 Å². The van der Waals surface area contributed by atoms with Crippen molar-refractivity contribution < 1.29 is 9.59 Å². The Morgan fingerprint density at radius 2 is 2.00 bits per heavy atom. The maximum Gasteiger partial charge on any atom is 0.324 e. The summed E-state index contributed by atoms with van der Waals surface area (Å²) in [5.41, 5.74) is 2.56. The normalized spacial score (nSPS) is 19.7. The molecule has 0 spiro atoms. The summed E-state index contributed by atoms with van der Waals surface area (Å²) in [7, 11) is 0. The molecule has 2 unspecified atom stereocenters. The predicted molar refractivity (Wildman–Crippen MR) is 99.8 cm³/mol. The average Bonchev–Trinajstić information content (AvgIpc) is 2.96. The molecule has 1 aliphatic heterocycles. The van der Waals surface area contributed by atoms with Gasteiger partial charge in [-0.15, -0.1) is 0 Å². The van der Waals surface area contributed by atoms with Crippen LogP contribution in [0.5, 0.6) is 0 Å². The van der Waals surface area contributed by atoms with Crippen LogP contribution in [-0.2, 0) is 4.79 Å². The summed E-state index contributed by atoms with van der Waals surface area (Å²) in [6.45, 7) is 5.84. The lowest BCUT2D eigenvalue weighted by atomic mass is 10.1. The second-order valence-electron chi connectivity index (χ2n) is 6.51. The van der Waals surface area contributed by atoms with Crippen LogP contribution in [0.3, 0.4) is 0 Å². The Kier molecular flexibility index (Phi) is 5.22. The molecule has 2 heterocycles. The Morgan fingerprint density at radius 3 is 2.69 bits per heavy atom. The number of benzene rings is 1. The molecule has 1 saturated heterocycles. The highest BCUT2D eigenvalue weighted by Gasteiger charge is 2.28. The van der Waals surface area contributed by atoms with Crippen molar-refractivity contribution in [2.45, 2.75) is 45.9 Å². The first-order valence-electron chi connectivity index (χ1n) is 8.71. The fourth-order valence-corrected chi connectivity index (χ4v) is 2.88. The second kappa shape index (κ2) is 7.57. The standard InChI is InChI=1S/C18H24N6O2/c1-4-13-10-16(25)22-17(19-13)24-15(9-12(3)23-24)21-18(26)20-14-7-5-11(2)6-8-14/h5-9,13,17,19H,4,10H2,1-3H3,(H,22,25)(H2,20,21,26). The van der Waals surface area contributed by atoms with E-state index in [0.717, 1.165) is 17.7 Å². The number of aryl methyl sites for hydroxylation is 2. The minimum atomic E-state index is -0.496. The molecule has 8 nitrogen and oxygen atoms in total. The number of hydrogen-bond donors (Lipinski definition) is 4. The van der Waals surface area contributed by atoms with Gasteiger partial charge in [-0.2, -0.15) is 5.10 Å². The topological polar surface area (TPSA) is 100 Å². The lowest BCUT2D eigenvalue weighted by Gasteiger charge is -2.31. The van der Waals surface area contributed by atoms with Crippen LogP contribution in [0.15, 0.2) is 30.3 Å². The third-order valence-electron chi connectivity index (χ3n) is 4.27. The third kappa shape index (κ3) is 4.20. The van der Waals surface area contributed by atoms with Crippen LogP contribution >= 0.6 is 0 Å². The van der Waals surface area contributed by atoms with Crippen molar-refractivity contribution >= 4 is 23.4 Å². The number of hydrogen-bond acceptors (Lipinski definition) is 4. The van der Waals surface area contributed by atoms with Crippen LogP contribution in [-0.4, -0.2) is 27.8 Å². The van der Waals surface area contributed by atoms with Crippen molar-refractivity contribution in [1.29, 1.82) is 0 Å². The van der Waals surface area contributed by atoms with Crippen LogP contribution in [0.1, 0.15) is 37.3 Å². The number of nitrogens with one attached hydrogen (secondary N) is 4. The van der Waals surface area contributed by atoms with E-state index >= 15 is 0 Å². The molecule has 138 valence electrons. The van der Waals surface area contributed by atoms with Gasteiger partial charge in [0.2, 0.25) is 5.91 Å². The van der Waals surface area contributed by atoms with E-state index < -0.39 is 6.29 Å². The molecule has 1 aromatic carbocycles. The maximum absolute atomic E-state index is 12.3. The van der Waals surface area contributed by atoms with E-state index in [9.17, 15) is 9.59 Å². The van der Waals surface area contributed by atoms with Crippen LogP contribution < -0.4 is 21.3 Å². The molecule has 0 bridgehead atoms. The van der Waals surface area contributed by atoms with E-state index in [-0.39, 0.29) is 18.0 Å². The van der Waals surface area contributed by atoms with Gasteiger partial charge in [-0.05, 0) is 32.4 Å². The molecule has 26 heavy (non-hydrogen) atoms. The summed E-state index contributed by atoms with van der Waals surface area (Å²) in [5.74, 6) is 0.463. The fraction of sp³-hybridized carbons (Fsp3) is 0.389. The van der Waals surface area contributed by atoms with Crippen molar-refractivity contribution in [1.82, 2.24) is 20.4 Å². The first kappa shape index (κ1) is 17.9. The van der Waals surface area contributed by atoms with Crippen LogP contribution in [0.4, 0.5) is 16.3 Å². The second-order valence-corrected chi connectivity index (χ2v) is 6.51. The summed E-state index contributed by atoms with van der Waals surface area (Å²) in [6, 6.07) is 9.00. The van der Waals surface area contributed by atoms with E-state index in [1.165, 1.54) is 0 Å². The number of amides is 3. The molecule has 3 rings (SSSR count). The number of urea groups is 1. The SMILES string of the molecule is CCC1CC(=O)NC(n2nc(C)cc2NC(=O)Nc2ccc(C)cc2)N1. The number of anilines is 2. The highest BCUT2D eigenvalue weighted by atomic mass is 16.2. The monoisotopic (exact) mass is 356 g/mol. The Hall–Kier alpha value is -2.87. The van der Waals surface area contributed by atoms with Crippen molar-refractivity contribution in [3.05, 3.63) is 41.6 Å². The Bertz CT molecular complexity index is 799. The van der Waals surface area contributed by atoms with Gasteiger partial charge in [-0.25, -0.2) is 9.48 Å². The minimum absolute atomic E-state index is 0.0381. The molecule has 4 N–H and O–H groups in total. The summed E-state index contributed by atoms with van der Waals surface area (Å²) < 4.78 is 1.59. The molecule has 1 aromatic heterocycles. The Morgan fingerprint density at radius 1 is 1.27 bits per heavy atom. The van der Waals surface area contributed by atoms with E-state index in [4.69, 9.17) is 0 Å². The van der Waals surface area contributed by atoms with Gasteiger partial charge < -0.3 is 10.6 Å². The highest BCUT2D eigenvalue weighted by Crippen LogP contribution is 2.18. The molecular formula is C18H24N6O2. The maximum atomic E-state index is 12.3. The molecule has 2 atom stereocenters. The lowest BCUT2D eigenvalue weighted by molar-refractivity contribution is -0.125. The zero-order chi connectivity index (χ0) is 18.7. The first-order chi connectivity index (χ1) is 12.4. The number of carbonyl (C=O) groups is 2. The Balaban J connectivity index is 1.73. The van der Waals surface area contributed by atoms with Crippen LogP contribution in [0.25, 0.3) is 0 Å². The smallest absolute Gasteiger partial charge is 0.322 e. The first-order valence-corrected chi connectivity index (χ1v) is 8.71. The zero-order valence-corrected chi connectivity index (χ0v) is 15.2. The van der Waals surface area contributed by atoms with Gasteiger partial charge in [0.15, 0.2) is 6.29 Å². The highest BCUT2D eigenvalue weighted by molar-refractivity contribution is 5.99. The minimum Gasteiger partial charge on any atom is -0.322 e. The molecule has 0 aliphatic carbocycles. The largest absolute Gasteiger partial charge is 0.324 e. The van der Waals surface area contributed by atoms with Gasteiger partial charge in [-0.1, -0.05) is 24.6 Å². The quantitative estimate of drug-likeness (QED) is 0.676. The molecule has 8 heteroatoms. The summed E-state index contributed by atoms with van der Waals surface area (Å²) in [4.78, 5) is 24.3. The van der Waals surface area contributed by atoms with Crippen LogP contribution in [0.2, 0.25) is 0 Å². The molecule has 0 radical (unpaired) electrons. The van der Waals surface area contributed by atoms with E-state index in [1.807, 2.05) is 45.0 Å². The Labute approximate surface area is 152 Å². The molecule has 2 aromatic rings. The number of nitrogens with zero attached hydrogens (tertiary/aromatic N) is 2. The van der Waals surface area contributed by atoms with E-state index in [1.54, 1.807) is 10.7 Å². The van der Waals surface area contributed by atoms with Crippen molar-refractivity contribution in [3.8, 4) is 0 Å². The summed E-state index contributed by atoms with van der Waals surface area (Å²) >= 11 is 0. The molecular weight excluding hydrogens is 332 g/mol. The van der Waals surface area contributed by atoms with Crippen molar-refractivity contribution in [3.63, 3.8) is 0 Å². The van der Waals surface area contributed by atoms with E-state index in [0.29, 0.717) is 17.9 Å². The number of aromatic nitrogens is 2. The third-order valence-corrected chi connectivity index (χ3v) is 4.27. The summed E-state index contributed by atoms with van der Waals surface area (Å²) in [5, 5.41) is 16.2. The average molecular weight is 356 g/mol.